The Morgan fingerprint density at radius 2 is 2.18 bits per heavy atom. The highest BCUT2D eigenvalue weighted by Crippen LogP contribution is 2.13. The molecule has 17 heavy (non-hydrogen) atoms. The fourth-order valence-electron chi connectivity index (χ4n) is 1.06. The van der Waals surface area contributed by atoms with Gasteiger partial charge in [-0.3, -0.25) is 4.79 Å². The summed E-state index contributed by atoms with van der Waals surface area (Å²) < 4.78 is 29.6. The lowest BCUT2D eigenvalue weighted by Crippen LogP contribution is -2.24. The van der Waals surface area contributed by atoms with Crippen molar-refractivity contribution in [2.45, 2.75) is 11.5 Å². The van der Waals surface area contributed by atoms with Crippen LogP contribution in [0.3, 0.4) is 0 Å². The molecule has 0 radical (unpaired) electrons. The van der Waals surface area contributed by atoms with Gasteiger partial charge >= 0.3 is 0 Å². The molecule has 1 rings (SSSR count). The number of carbonyl (C=O) groups is 1. The monoisotopic (exact) mass is 262 g/mol. The van der Waals surface area contributed by atoms with Crippen molar-refractivity contribution in [2.24, 2.45) is 0 Å². The van der Waals surface area contributed by atoms with E-state index in [-0.39, 0.29) is 17.5 Å². The summed E-state index contributed by atoms with van der Waals surface area (Å²) in [5.41, 5.74) is 0. The Balaban J connectivity index is 2.71. The molecular weight excluding hydrogens is 248 g/mol. The molecule has 7 nitrogen and oxygen atoms in total. The first-order valence-electron chi connectivity index (χ1n) is 4.93. The van der Waals surface area contributed by atoms with Gasteiger partial charge in [0.2, 0.25) is 5.09 Å². The molecule has 0 atom stereocenters. The fourth-order valence-corrected chi connectivity index (χ4v) is 1.70. The van der Waals surface area contributed by atoms with E-state index in [4.69, 9.17) is 9.52 Å². The van der Waals surface area contributed by atoms with Crippen LogP contribution in [0.5, 0.6) is 0 Å². The van der Waals surface area contributed by atoms with E-state index in [1.54, 1.807) is 0 Å². The highest BCUT2D eigenvalue weighted by Gasteiger charge is 2.19. The summed E-state index contributed by atoms with van der Waals surface area (Å²) in [5.74, 6) is -0.604. The van der Waals surface area contributed by atoms with Crippen LogP contribution in [0, 0.1) is 0 Å². The second-order valence-corrected chi connectivity index (χ2v) is 4.98. The lowest BCUT2D eigenvalue weighted by atomic mass is 10.4. The van der Waals surface area contributed by atoms with Crippen molar-refractivity contribution < 1.29 is 22.7 Å². The van der Waals surface area contributed by atoms with Gasteiger partial charge in [0, 0.05) is 13.2 Å². The van der Waals surface area contributed by atoms with Crippen molar-refractivity contribution in [2.75, 3.05) is 20.2 Å². The zero-order valence-electron chi connectivity index (χ0n) is 9.26. The Morgan fingerprint density at radius 3 is 2.76 bits per heavy atom. The second-order valence-electron chi connectivity index (χ2n) is 3.16. The van der Waals surface area contributed by atoms with E-state index in [0.717, 1.165) is 0 Å². The molecule has 96 valence electrons. The van der Waals surface area contributed by atoms with Crippen LogP contribution in [-0.4, -0.2) is 39.6 Å². The highest BCUT2D eigenvalue weighted by molar-refractivity contribution is 7.89. The Kier molecular flexibility index (Phi) is 4.67. The van der Waals surface area contributed by atoms with Crippen molar-refractivity contribution >= 4 is 15.9 Å². The van der Waals surface area contributed by atoms with Crippen LogP contribution in [-0.2, 0) is 10.0 Å². The van der Waals surface area contributed by atoms with Crippen LogP contribution in [0.4, 0.5) is 0 Å². The lowest BCUT2D eigenvalue weighted by Gasteiger charge is -2.01. The van der Waals surface area contributed by atoms with Crippen LogP contribution >= 0.6 is 0 Å². The summed E-state index contributed by atoms with van der Waals surface area (Å²) in [7, 11) is -2.42. The van der Waals surface area contributed by atoms with Gasteiger partial charge in [0.05, 0.1) is 0 Å². The van der Waals surface area contributed by atoms with Gasteiger partial charge < -0.3 is 14.8 Å². The molecule has 8 heteroatoms. The zero-order chi connectivity index (χ0) is 12.9. The van der Waals surface area contributed by atoms with Crippen LogP contribution in [0.2, 0.25) is 0 Å². The molecule has 1 aromatic rings. The van der Waals surface area contributed by atoms with Crippen LogP contribution in [0.25, 0.3) is 0 Å². The minimum Gasteiger partial charge on any atom is -0.438 e. The Morgan fingerprint density at radius 1 is 1.47 bits per heavy atom. The van der Waals surface area contributed by atoms with Gasteiger partial charge in [-0.05, 0) is 25.6 Å². The number of rotatable bonds is 6. The summed E-state index contributed by atoms with van der Waals surface area (Å²) in [6, 6.07) is 2.48. The van der Waals surface area contributed by atoms with Gasteiger partial charge in [-0.15, -0.1) is 0 Å². The number of sulfonamides is 1. The third-order valence-electron chi connectivity index (χ3n) is 1.96. The quantitative estimate of drug-likeness (QED) is 0.587. The highest BCUT2D eigenvalue weighted by atomic mass is 32.2. The predicted molar refractivity (Wildman–Crippen MR) is 59.0 cm³/mol. The molecule has 3 N–H and O–H groups in total. The SMILES string of the molecule is CNS(=O)(=O)c1ccc(C(=O)NCCCO)o1. The van der Waals surface area contributed by atoms with E-state index >= 15 is 0 Å². The van der Waals surface area contributed by atoms with Gasteiger partial charge in [0.25, 0.3) is 15.9 Å². The minimum atomic E-state index is -3.67. The summed E-state index contributed by atoms with van der Waals surface area (Å²) in [4.78, 5) is 11.4. The second kappa shape index (κ2) is 5.80. The van der Waals surface area contributed by atoms with Crippen LogP contribution in [0.15, 0.2) is 21.6 Å². The lowest BCUT2D eigenvalue weighted by molar-refractivity contribution is 0.0918. The van der Waals surface area contributed by atoms with Crippen LogP contribution < -0.4 is 10.0 Å². The smallest absolute Gasteiger partial charge is 0.287 e. The van der Waals surface area contributed by atoms with E-state index in [2.05, 4.69) is 10.0 Å². The zero-order valence-corrected chi connectivity index (χ0v) is 10.1. The first-order valence-corrected chi connectivity index (χ1v) is 6.42. The maximum Gasteiger partial charge on any atom is 0.287 e. The molecule has 0 saturated heterocycles. The predicted octanol–water partition coefficient (Wildman–Crippen LogP) is -0.700. The topological polar surface area (TPSA) is 109 Å². The average Bonchev–Trinajstić information content (AvgIpc) is 2.79. The number of aliphatic hydroxyl groups is 1. The maximum absolute atomic E-state index is 11.4. The van der Waals surface area contributed by atoms with Gasteiger partial charge in [-0.1, -0.05) is 0 Å². The summed E-state index contributed by atoms with van der Waals surface area (Å²) in [6.07, 6.45) is 0.425. The largest absolute Gasteiger partial charge is 0.438 e. The van der Waals surface area contributed by atoms with Crippen molar-refractivity contribution in [3.8, 4) is 0 Å². The molecule has 0 aromatic carbocycles. The van der Waals surface area contributed by atoms with Gasteiger partial charge in [-0.25, -0.2) is 13.1 Å². The van der Waals surface area contributed by atoms with E-state index in [9.17, 15) is 13.2 Å². The van der Waals surface area contributed by atoms with E-state index in [0.29, 0.717) is 13.0 Å². The van der Waals surface area contributed by atoms with Gasteiger partial charge in [0.1, 0.15) is 0 Å². The van der Waals surface area contributed by atoms with Crippen LogP contribution in [0.1, 0.15) is 17.0 Å². The molecule has 0 fully saturated rings. The normalized spacial score (nSPS) is 11.4. The van der Waals surface area contributed by atoms with Crippen molar-refractivity contribution in [1.29, 1.82) is 0 Å². The van der Waals surface area contributed by atoms with Gasteiger partial charge in [-0.2, -0.15) is 0 Å². The number of carbonyl (C=O) groups excluding carboxylic acids is 1. The maximum atomic E-state index is 11.4. The number of hydrogen-bond acceptors (Lipinski definition) is 5. The minimum absolute atomic E-state index is 0.0299. The van der Waals surface area contributed by atoms with Crippen molar-refractivity contribution in [3.05, 3.63) is 17.9 Å². The number of nitrogens with one attached hydrogen (secondary N) is 2. The Bertz CT molecular complexity index is 479. The standard InChI is InChI=1S/C9H14N2O5S/c1-10-17(14,15)8-4-3-7(16-8)9(13)11-5-2-6-12/h3-4,10,12H,2,5-6H2,1H3,(H,11,13). The first kappa shape index (κ1) is 13.7. The first-order chi connectivity index (χ1) is 8.01. The molecule has 0 bridgehead atoms. The van der Waals surface area contributed by atoms with Crippen molar-refractivity contribution in [1.82, 2.24) is 10.0 Å². The molecule has 1 aromatic heterocycles. The van der Waals surface area contributed by atoms with E-state index < -0.39 is 15.9 Å². The molecule has 0 spiro atoms. The summed E-state index contributed by atoms with van der Waals surface area (Å²) in [5, 5.41) is 10.7. The third kappa shape index (κ3) is 3.55. The average molecular weight is 262 g/mol. The number of amides is 1. The molecular formula is C9H14N2O5S. The van der Waals surface area contributed by atoms with Crippen molar-refractivity contribution in [3.63, 3.8) is 0 Å². The molecule has 0 unspecified atom stereocenters. The summed E-state index contributed by atoms with van der Waals surface area (Å²) in [6.45, 7) is 0.266. The molecule has 0 aliphatic heterocycles. The van der Waals surface area contributed by atoms with Gasteiger partial charge in [0.15, 0.2) is 5.76 Å². The van der Waals surface area contributed by atoms with E-state index in [1.807, 2.05) is 0 Å². The molecule has 0 aliphatic rings. The third-order valence-corrected chi connectivity index (χ3v) is 3.25. The fraction of sp³-hybridized carbons (Fsp3) is 0.444. The molecule has 1 heterocycles. The molecule has 1 amide bonds. The Labute approximate surface area is 98.9 Å². The molecule has 0 saturated carbocycles. The summed E-state index contributed by atoms with van der Waals surface area (Å²) >= 11 is 0. The number of hydrogen-bond donors (Lipinski definition) is 3. The van der Waals surface area contributed by atoms with E-state index in [1.165, 1.54) is 19.2 Å². The Hall–Kier alpha value is -1.38. The number of furan rings is 1. The number of aliphatic hydroxyl groups excluding tert-OH is 1. The molecule has 0 aliphatic carbocycles.